The fourth-order valence-electron chi connectivity index (χ4n) is 3.22. The summed E-state index contributed by atoms with van der Waals surface area (Å²) in [4.78, 5) is 14.6. The van der Waals surface area contributed by atoms with E-state index >= 15 is 0 Å². The molecule has 4 nitrogen and oxygen atoms in total. The van der Waals surface area contributed by atoms with Gasteiger partial charge in [0.1, 0.15) is 0 Å². The van der Waals surface area contributed by atoms with Crippen LogP contribution < -0.4 is 5.32 Å². The number of rotatable bonds is 6. The molecule has 0 saturated carbocycles. The van der Waals surface area contributed by atoms with Gasteiger partial charge in [-0.15, -0.1) is 6.58 Å². The van der Waals surface area contributed by atoms with Crippen LogP contribution in [0.25, 0.3) is 0 Å². The number of β-lactam (4-membered cyclic amide) rings is 1. The van der Waals surface area contributed by atoms with Gasteiger partial charge in [-0.1, -0.05) is 44.5 Å². The van der Waals surface area contributed by atoms with Crippen LogP contribution in [-0.4, -0.2) is 36.4 Å². The summed E-state index contributed by atoms with van der Waals surface area (Å²) in [6.45, 7) is 16.9. The number of amides is 1. The summed E-state index contributed by atoms with van der Waals surface area (Å²) in [5.41, 5.74) is 0.761. The molecule has 1 N–H and O–H groups in total. The second-order valence-corrected chi connectivity index (χ2v) is 14.4. The lowest BCUT2D eigenvalue weighted by atomic mass is 9.82. The van der Waals surface area contributed by atoms with Gasteiger partial charge in [-0.05, 0) is 61.9 Å². The molecule has 0 bridgehead atoms. The molecular weight excluding hydrogens is 408 g/mol. The summed E-state index contributed by atoms with van der Waals surface area (Å²) in [6.07, 6.45) is 2.33. The van der Waals surface area contributed by atoms with Crippen LogP contribution in [0.5, 0.6) is 0 Å². The van der Waals surface area contributed by atoms with Crippen LogP contribution in [-0.2, 0) is 9.22 Å². The number of nitrogens with one attached hydrogen (secondary N) is 1. The maximum Gasteiger partial charge on any atom is 0.236 e. The average Bonchev–Trinajstić information content (AvgIpc) is 2.52. The summed E-state index contributed by atoms with van der Waals surface area (Å²) < 4.78 is 6.49. The minimum atomic E-state index is -1.97. The molecule has 0 aliphatic carbocycles. The molecule has 1 heterocycles. The smallest absolute Gasteiger partial charge is 0.236 e. The van der Waals surface area contributed by atoms with Crippen molar-refractivity contribution in [2.45, 2.75) is 64.4 Å². The van der Waals surface area contributed by atoms with Crippen LogP contribution in [0.15, 0.2) is 36.9 Å². The van der Waals surface area contributed by atoms with Gasteiger partial charge in [-0.3, -0.25) is 9.69 Å². The average molecular weight is 439 g/mol. The third-order valence-corrected chi connectivity index (χ3v) is 10.9. The van der Waals surface area contributed by atoms with Gasteiger partial charge in [0.2, 0.25) is 5.91 Å². The maximum atomic E-state index is 13.0. The summed E-state index contributed by atoms with van der Waals surface area (Å²) in [7, 11) is -1.97. The highest BCUT2D eigenvalue weighted by atomic mass is 35.5. The lowest BCUT2D eigenvalue weighted by Gasteiger charge is -2.51. The summed E-state index contributed by atoms with van der Waals surface area (Å²) >= 11 is 11.5. The molecule has 3 atom stereocenters. The van der Waals surface area contributed by atoms with Gasteiger partial charge in [0.25, 0.3) is 0 Å². The van der Waals surface area contributed by atoms with Crippen molar-refractivity contribution in [2.24, 2.45) is 5.92 Å². The SMILES string of the molecule is C=CC[C@@H]1[C@@H]([C@@H](C)O[Si](C)(C)C(C)(C)C)C(=O)N1C(=S)Nc1cccc(Cl)c1. The first-order chi connectivity index (χ1) is 12.9. The lowest BCUT2D eigenvalue weighted by molar-refractivity contribution is -0.153. The van der Waals surface area contributed by atoms with Crippen LogP contribution in [0.3, 0.4) is 0 Å². The largest absolute Gasteiger partial charge is 0.413 e. The fourth-order valence-corrected chi connectivity index (χ4v) is 5.18. The number of anilines is 1. The van der Waals surface area contributed by atoms with Crippen LogP contribution >= 0.6 is 23.8 Å². The number of thiocarbonyl (C=S) groups is 1. The molecule has 0 spiro atoms. The summed E-state index contributed by atoms with van der Waals surface area (Å²) in [5, 5.41) is 4.20. The zero-order valence-electron chi connectivity index (χ0n) is 17.6. The van der Waals surface area contributed by atoms with Crippen LogP contribution in [0.4, 0.5) is 5.69 Å². The molecule has 1 amide bonds. The van der Waals surface area contributed by atoms with E-state index in [1.165, 1.54) is 0 Å². The highest BCUT2D eigenvalue weighted by Gasteiger charge is 2.53. The lowest BCUT2D eigenvalue weighted by Crippen LogP contribution is -2.67. The predicted octanol–water partition coefficient (Wildman–Crippen LogP) is 5.85. The predicted molar refractivity (Wildman–Crippen MR) is 124 cm³/mol. The number of nitrogens with zero attached hydrogens (tertiary/aromatic N) is 1. The van der Waals surface area contributed by atoms with E-state index < -0.39 is 8.32 Å². The number of halogens is 1. The Morgan fingerprint density at radius 3 is 2.64 bits per heavy atom. The quantitative estimate of drug-likeness (QED) is 0.262. The molecule has 1 aliphatic heterocycles. The molecular formula is C21H31ClN2O2SSi. The van der Waals surface area contributed by atoms with Crippen molar-refractivity contribution < 1.29 is 9.22 Å². The van der Waals surface area contributed by atoms with Crippen LogP contribution in [0.2, 0.25) is 23.2 Å². The molecule has 28 heavy (non-hydrogen) atoms. The fraction of sp³-hybridized carbons (Fsp3) is 0.524. The van der Waals surface area contributed by atoms with E-state index in [4.69, 9.17) is 28.2 Å². The maximum absolute atomic E-state index is 13.0. The normalized spacial score (nSPS) is 21.1. The molecule has 0 aromatic heterocycles. The second kappa shape index (κ2) is 8.65. The molecule has 1 fully saturated rings. The molecule has 1 aliphatic rings. The molecule has 0 radical (unpaired) electrons. The minimum absolute atomic E-state index is 0.00223. The van der Waals surface area contributed by atoms with Gasteiger partial charge in [0, 0.05) is 10.7 Å². The third-order valence-electron chi connectivity index (χ3n) is 5.76. The standard InChI is InChI=1S/C21H31ClN2O2SSi/c1-8-10-17-18(14(2)26-28(6,7)21(3,4)5)19(25)24(17)20(27)23-16-12-9-11-15(22)13-16/h8-9,11-14,17-18H,1,10H2,2-7H3,(H,23,27)/t14-,17-,18-/m1/s1. The van der Waals surface area contributed by atoms with Crippen molar-refractivity contribution in [3.8, 4) is 0 Å². The van der Waals surface area contributed by atoms with E-state index in [2.05, 4.69) is 45.8 Å². The van der Waals surface area contributed by atoms with Gasteiger partial charge >= 0.3 is 0 Å². The monoisotopic (exact) mass is 438 g/mol. The van der Waals surface area contributed by atoms with E-state index in [1.54, 1.807) is 17.0 Å². The van der Waals surface area contributed by atoms with Gasteiger partial charge < -0.3 is 9.74 Å². The van der Waals surface area contributed by atoms with Crippen molar-refractivity contribution in [1.29, 1.82) is 0 Å². The molecule has 1 aromatic rings. The number of carbonyl (C=O) groups excluding carboxylic acids is 1. The number of hydrogen-bond acceptors (Lipinski definition) is 3. The topological polar surface area (TPSA) is 41.6 Å². The number of likely N-dealkylation sites (tertiary alicyclic amines) is 1. The zero-order valence-corrected chi connectivity index (χ0v) is 20.2. The summed E-state index contributed by atoms with van der Waals surface area (Å²) in [5.74, 6) is -0.219. The molecule has 2 rings (SSSR count). The van der Waals surface area contributed by atoms with Crippen molar-refractivity contribution in [3.05, 3.63) is 41.9 Å². The molecule has 1 aromatic carbocycles. The van der Waals surface area contributed by atoms with E-state index in [9.17, 15) is 4.79 Å². The van der Waals surface area contributed by atoms with Crippen molar-refractivity contribution >= 4 is 48.8 Å². The molecule has 1 saturated heterocycles. The van der Waals surface area contributed by atoms with Gasteiger partial charge in [-0.2, -0.15) is 0 Å². The first-order valence-electron chi connectivity index (χ1n) is 9.57. The Balaban J connectivity index is 2.13. The Kier molecular flexibility index (Phi) is 7.13. The first-order valence-corrected chi connectivity index (χ1v) is 13.3. The van der Waals surface area contributed by atoms with E-state index in [1.807, 2.05) is 25.1 Å². The summed E-state index contributed by atoms with van der Waals surface area (Å²) in [6, 6.07) is 7.22. The molecule has 7 heteroatoms. The van der Waals surface area contributed by atoms with Crippen LogP contribution in [0.1, 0.15) is 34.1 Å². The van der Waals surface area contributed by atoms with Crippen LogP contribution in [0, 0.1) is 5.92 Å². The van der Waals surface area contributed by atoms with Crippen molar-refractivity contribution in [1.82, 2.24) is 4.90 Å². The van der Waals surface area contributed by atoms with E-state index in [0.717, 1.165) is 5.69 Å². The number of hydrogen-bond donors (Lipinski definition) is 1. The zero-order chi connectivity index (χ0) is 21.3. The molecule has 154 valence electrons. The van der Waals surface area contributed by atoms with Gasteiger partial charge in [0.05, 0.1) is 18.1 Å². The highest BCUT2D eigenvalue weighted by molar-refractivity contribution is 7.80. The van der Waals surface area contributed by atoms with E-state index in [0.29, 0.717) is 16.6 Å². The van der Waals surface area contributed by atoms with E-state index in [-0.39, 0.29) is 29.0 Å². The molecule has 0 unspecified atom stereocenters. The Morgan fingerprint density at radius 2 is 2.11 bits per heavy atom. The number of carbonyl (C=O) groups is 1. The third kappa shape index (κ3) is 4.85. The minimum Gasteiger partial charge on any atom is -0.413 e. The van der Waals surface area contributed by atoms with Crippen molar-refractivity contribution in [3.63, 3.8) is 0 Å². The van der Waals surface area contributed by atoms with Crippen molar-refractivity contribution in [2.75, 3.05) is 5.32 Å². The first kappa shape index (κ1) is 23.1. The number of benzene rings is 1. The second-order valence-electron chi connectivity index (χ2n) is 8.85. The van der Waals surface area contributed by atoms with Gasteiger partial charge in [0.15, 0.2) is 13.4 Å². The Hall–Kier alpha value is -1.21. The Bertz CT molecular complexity index is 763. The Morgan fingerprint density at radius 1 is 1.46 bits per heavy atom. The Labute approximate surface area is 180 Å². The van der Waals surface area contributed by atoms with Gasteiger partial charge in [-0.25, -0.2) is 0 Å². The highest BCUT2D eigenvalue weighted by Crippen LogP contribution is 2.41.